The van der Waals surface area contributed by atoms with Crippen LogP contribution in [0.3, 0.4) is 0 Å². The van der Waals surface area contributed by atoms with Crippen molar-refractivity contribution in [2.24, 2.45) is 17.8 Å². The van der Waals surface area contributed by atoms with E-state index in [4.69, 9.17) is 5.26 Å². The maximum atomic E-state index is 9.09. The molecule has 0 saturated heterocycles. The van der Waals surface area contributed by atoms with E-state index in [0.717, 1.165) is 17.8 Å². The summed E-state index contributed by atoms with van der Waals surface area (Å²) in [5.41, 5.74) is 1.24. The van der Waals surface area contributed by atoms with Crippen molar-refractivity contribution in [2.75, 3.05) is 0 Å². The molecule has 2 saturated carbocycles. The predicted octanol–water partition coefficient (Wildman–Crippen LogP) is 4.06. The van der Waals surface area contributed by atoms with Gasteiger partial charge in [-0.25, -0.2) is 0 Å². The minimum Gasteiger partial charge on any atom is -0.306 e. The molecule has 2 aliphatic rings. The fourth-order valence-corrected chi connectivity index (χ4v) is 4.40. The molecule has 2 nitrogen and oxygen atoms in total. The first-order valence-corrected chi connectivity index (χ1v) is 7.96. The molecule has 1 aromatic rings. The maximum absolute atomic E-state index is 9.09. The zero-order chi connectivity index (χ0) is 13.9. The van der Waals surface area contributed by atoms with Gasteiger partial charge in [-0.3, -0.25) is 0 Å². The summed E-state index contributed by atoms with van der Waals surface area (Å²) in [6.07, 6.45) is 6.27. The van der Waals surface area contributed by atoms with E-state index < -0.39 is 0 Å². The fourth-order valence-electron chi connectivity index (χ4n) is 4.40. The molecular weight excluding hydrogens is 244 g/mol. The first-order valence-electron chi connectivity index (χ1n) is 7.96. The number of rotatable bonds is 5. The van der Waals surface area contributed by atoms with Gasteiger partial charge in [-0.05, 0) is 49.5 Å². The van der Waals surface area contributed by atoms with Gasteiger partial charge in [0.15, 0.2) is 0 Å². The lowest BCUT2D eigenvalue weighted by molar-refractivity contribution is 0.245. The molecule has 1 aromatic carbocycles. The van der Waals surface area contributed by atoms with E-state index in [-0.39, 0.29) is 6.04 Å². The van der Waals surface area contributed by atoms with Crippen molar-refractivity contribution in [3.8, 4) is 6.07 Å². The van der Waals surface area contributed by atoms with Gasteiger partial charge in [0.1, 0.15) is 0 Å². The monoisotopic (exact) mass is 268 g/mol. The quantitative estimate of drug-likeness (QED) is 0.874. The Hall–Kier alpha value is -1.33. The molecule has 2 bridgehead atoms. The third-order valence-corrected chi connectivity index (χ3v) is 5.40. The van der Waals surface area contributed by atoms with Crippen molar-refractivity contribution in [1.82, 2.24) is 5.32 Å². The Morgan fingerprint density at radius 2 is 2.05 bits per heavy atom. The molecule has 2 aliphatic carbocycles. The van der Waals surface area contributed by atoms with Crippen LogP contribution < -0.4 is 5.32 Å². The van der Waals surface area contributed by atoms with Crippen LogP contribution in [0.1, 0.15) is 50.6 Å². The Morgan fingerprint density at radius 3 is 2.65 bits per heavy atom. The summed E-state index contributed by atoms with van der Waals surface area (Å²) < 4.78 is 0. The molecule has 20 heavy (non-hydrogen) atoms. The van der Waals surface area contributed by atoms with E-state index in [2.05, 4.69) is 42.6 Å². The molecule has 2 heteroatoms. The highest BCUT2D eigenvalue weighted by Gasteiger charge is 2.42. The normalized spacial score (nSPS) is 30.9. The predicted molar refractivity (Wildman–Crippen MR) is 80.9 cm³/mol. The van der Waals surface area contributed by atoms with Crippen LogP contribution in [0.25, 0.3) is 0 Å². The summed E-state index contributed by atoms with van der Waals surface area (Å²) in [6.45, 7) is 2.32. The lowest BCUT2D eigenvalue weighted by atomic mass is 9.83. The van der Waals surface area contributed by atoms with Gasteiger partial charge in [-0.15, -0.1) is 0 Å². The lowest BCUT2D eigenvalue weighted by Crippen LogP contribution is -2.38. The van der Waals surface area contributed by atoms with Crippen LogP contribution in [0.15, 0.2) is 30.3 Å². The van der Waals surface area contributed by atoms with Crippen molar-refractivity contribution in [1.29, 1.82) is 5.26 Å². The Kier molecular flexibility index (Phi) is 4.08. The molecule has 2 fully saturated rings. The van der Waals surface area contributed by atoms with E-state index in [0.29, 0.717) is 12.5 Å². The van der Waals surface area contributed by atoms with Crippen LogP contribution in [0.5, 0.6) is 0 Å². The number of nitrogens with zero attached hydrogens (tertiary/aromatic N) is 1. The number of nitriles is 1. The van der Waals surface area contributed by atoms with Crippen molar-refractivity contribution >= 4 is 0 Å². The topological polar surface area (TPSA) is 35.8 Å². The molecule has 0 aliphatic heterocycles. The average molecular weight is 268 g/mol. The summed E-state index contributed by atoms with van der Waals surface area (Å²) in [7, 11) is 0. The van der Waals surface area contributed by atoms with Gasteiger partial charge in [0, 0.05) is 12.1 Å². The third kappa shape index (κ3) is 2.74. The fraction of sp³-hybridized carbons (Fsp3) is 0.611. The Labute approximate surface area is 122 Å². The Morgan fingerprint density at radius 1 is 1.25 bits per heavy atom. The SMILES string of the molecule is CC(NC(CC#N)c1ccccc1)C1CC2CCC1C2. The number of fused-ring (bicyclic) bond motifs is 2. The van der Waals surface area contributed by atoms with Gasteiger partial charge >= 0.3 is 0 Å². The van der Waals surface area contributed by atoms with Gasteiger partial charge < -0.3 is 5.32 Å². The molecule has 106 valence electrons. The summed E-state index contributed by atoms with van der Waals surface area (Å²) in [6, 6.07) is 13.4. The summed E-state index contributed by atoms with van der Waals surface area (Å²) in [5, 5.41) is 12.8. The van der Waals surface area contributed by atoms with E-state index >= 15 is 0 Å². The number of nitrogens with one attached hydrogen (secondary N) is 1. The van der Waals surface area contributed by atoms with Crippen LogP contribution in [0.2, 0.25) is 0 Å². The van der Waals surface area contributed by atoms with Gasteiger partial charge in [0.2, 0.25) is 0 Å². The zero-order valence-corrected chi connectivity index (χ0v) is 12.3. The second kappa shape index (κ2) is 5.97. The molecule has 0 radical (unpaired) electrons. The second-order valence-corrected chi connectivity index (χ2v) is 6.62. The average Bonchev–Trinajstić information content (AvgIpc) is 3.10. The van der Waals surface area contributed by atoms with E-state index in [1.807, 2.05) is 6.07 Å². The summed E-state index contributed by atoms with van der Waals surface area (Å²) >= 11 is 0. The van der Waals surface area contributed by atoms with Crippen molar-refractivity contribution in [3.05, 3.63) is 35.9 Å². The van der Waals surface area contributed by atoms with E-state index in [9.17, 15) is 0 Å². The van der Waals surface area contributed by atoms with E-state index in [1.54, 1.807) is 0 Å². The van der Waals surface area contributed by atoms with Crippen molar-refractivity contribution < 1.29 is 0 Å². The van der Waals surface area contributed by atoms with Crippen LogP contribution in [-0.2, 0) is 0 Å². The highest BCUT2D eigenvalue weighted by molar-refractivity contribution is 5.20. The molecule has 0 heterocycles. The highest BCUT2D eigenvalue weighted by atomic mass is 15.0. The number of hydrogen-bond donors (Lipinski definition) is 1. The highest BCUT2D eigenvalue weighted by Crippen LogP contribution is 2.49. The van der Waals surface area contributed by atoms with Crippen LogP contribution in [0.4, 0.5) is 0 Å². The van der Waals surface area contributed by atoms with Gasteiger partial charge in [-0.1, -0.05) is 36.8 Å². The minimum absolute atomic E-state index is 0.176. The molecule has 0 aromatic heterocycles. The van der Waals surface area contributed by atoms with Gasteiger partial charge in [0.25, 0.3) is 0 Å². The Balaban J connectivity index is 1.66. The summed E-state index contributed by atoms with van der Waals surface area (Å²) in [4.78, 5) is 0. The van der Waals surface area contributed by atoms with Crippen LogP contribution in [-0.4, -0.2) is 6.04 Å². The smallest absolute Gasteiger partial charge is 0.0641 e. The molecule has 1 N–H and O–H groups in total. The van der Waals surface area contributed by atoms with Crippen molar-refractivity contribution in [3.63, 3.8) is 0 Å². The standard InChI is InChI=1S/C18H24N2/c1-13(17-12-14-7-8-16(17)11-14)20-18(9-10-19)15-5-3-2-4-6-15/h2-6,13-14,16-18,20H,7-9,11-12H2,1H3. The largest absolute Gasteiger partial charge is 0.306 e. The summed E-state index contributed by atoms with van der Waals surface area (Å²) in [5.74, 6) is 2.74. The molecular formula is C18H24N2. The first-order chi connectivity index (χ1) is 9.78. The lowest BCUT2D eigenvalue weighted by Gasteiger charge is -2.31. The first kappa shape index (κ1) is 13.6. The molecule has 0 spiro atoms. The molecule has 3 rings (SSSR count). The zero-order valence-electron chi connectivity index (χ0n) is 12.3. The second-order valence-electron chi connectivity index (χ2n) is 6.62. The Bertz CT molecular complexity index is 476. The third-order valence-electron chi connectivity index (χ3n) is 5.40. The number of hydrogen-bond acceptors (Lipinski definition) is 2. The van der Waals surface area contributed by atoms with Gasteiger partial charge in [0.05, 0.1) is 12.5 Å². The van der Waals surface area contributed by atoms with Crippen LogP contribution in [0, 0.1) is 29.1 Å². The van der Waals surface area contributed by atoms with Crippen LogP contribution >= 0.6 is 0 Å². The van der Waals surface area contributed by atoms with E-state index in [1.165, 1.54) is 31.2 Å². The molecule has 0 amide bonds. The number of benzene rings is 1. The maximum Gasteiger partial charge on any atom is 0.0641 e. The molecule has 5 atom stereocenters. The minimum atomic E-state index is 0.176. The van der Waals surface area contributed by atoms with Crippen molar-refractivity contribution in [2.45, 2.75) is 51.1 Å². The molecule has 5 unspecified atom stereocenters. The van der Waals surface area contributed by atoms with Gasteiger partial charge in [-0.2, -0.15) is 5.26 Å².